The summed E-state index contributed by atoms with van der Waals surface area (Å²) in [6.45, 7) is 4.30. The summed E-state index contributed by atoms with van der Waals surface area (Å²) in [6.07, 6.45) is 2.54. The summed E-state index contributed by atoms with van der Waals surface area (Å²) in [7, 11) is -4.64. The van der Waals surface area contributed by atoms with Gasteiger partial charge in [0.15, 0.2) is 0 Å². The van der Waals surface area contributed by atoms with Gasteiger partial charge in [0.2, 0.25) is 9.84 Å². The minimum atomic E-state index is -4.64. The van der Waals surface area contributed by atoms with Crippen LogP contribution < -0.4 is 5.32 Å². The summed E-state index contributed by atoms with van der Waals surface area (Å²) >= 11 is 0. The van der Waals surface area contributed by atoms with Gasteiger partial charge in [-0.25, -0.2) is 8.42 Å². The number of piperidine rings is 1. The molecule has 0 saturated carbocycles. The monoisotopic (exact) mass is 360 g/mol. The third-order valence-corrected chi connectivity index (χ3v) is 5.54. The lowest BCUT2D eigenvalue weighted by atomic mass is 10.0. The number of hydrogen-bond donors (Lipinski definition) is 1. The van der Waals surface area contributed by atoms with E-state index in [9.17, 15) is 22.0 Å². The van der Waals surface area contributed by atoms with Gasteiger partial charge >= 0.3 is 5.76 Å². The van der Waals surface area contributed by atoms with E-state index in [2.05, 4.69) is 5.32 Å². The molecule has 1 aromatic rings. The van der Waals surface area contributed by atoms with E-state index in [1.54, 1.807) is 4.90 Å². The topological polar surface area (TPSA) is 66.5 Å². The fraction of sp³-hybridized carbons (Fsp3) is 0.562. The third kappa shape index (κ3) is 4.10. The molecular weight excluding hydrogens is 338 g/mol. The minimum absolute atomic E-state index is 0.142. The predicted molar refractivity (Wildman–Crippen MR) is 86.9 cm³/mol. The Kier molecular flexibility index (Phi) is 6.28. The lowest BCUT2D eigenvalue weighted by molar-refractivity contribution is 0.0642. The molecule has 8 heteroatoms. The molecule has 0 spiro atoms. The zero-order chi connectivity index (χ0) is 17.7. The molecule has 0 radical (unpaired) electrons. The van der Waals surface area contributed by atoms with Gasteiger partial charge in [-0.15, -0.1) is 0 Å². The number of carbonyl (C=O) groups excluding carboxylic acids is 1. The Morgan fingerprint density at radius 1 is 1.25 bits per heavy atom. The normalized spacial score (nSPS) is 16.3. The van der Waals surface area contributed by atoms with Crippen LogP contribution in [0.25, 0.3) is 0 Å². The van der Waals surface area contributed by atoms with E-state index < -0.39 is 20.5 Å². The van der Waals surface area contributed by atoms with E-state index in [-0.39, 0.29) is 11.9 Å². The first kappa shape index (κ1) is 18.8. The van der Waals surface area contributed by atoms with Gasteiger partial charge in [0, 0.05) is 18.2 Å². The molecule has 0 aliphatic carbocycles. The van der Waals surface area contributed by atoms with Crippen molar-refractivity contribution in [1.82, 2.24) is 10.2 Å². The Labute approximate surface area is 141 Å². The Hall–Kier alpha value is -1.54. The Morgan fingerprint density at radius 2 is 1.83 bits per heavy atom. The maximum atomic E-state index is 12.7. The molecule has 1 saturated heterocycles. The van der Waals surface area contributed by atoms with E-state index in [0.717, 1.165) is 44.5 Å². The molecule has 1 aliphatic heterocycles. The molecule has 0 bridgehead atoms. The number of rotatable bonds is 6. The van der Waals surface area contributed by atoms with Gasteiger partial charge in [0.25, 0.3) is 5.91 Å². The van der Waals surface area contributed by atoms with Gasteiger partial charge in [0.05, 0.1) is 4.90 Å². The average molecular weight is 360 g/mol. The van der Waals surface area contributed by atoms with E-state index in [1.165, 1.54) is 12.1 Å². The molecule has 1 aliphatic rings. The molecule has 0 aromatic heterocycles. The van der Waals surface area contributed by atoms with Crippen LogP contribution in [0, 0.1) is 0 Å². The second-order valence-electron chi connectivity index (χ2n) is 5.81. The Bertz CT molecular complexity index is 656. The fourth-order valence-corrected chi connectivity index (χ4v) is 3.59. The van der Waals surface area contributed by atoms with Crippen LogP contribution in [0.3, 0.4) is 0 Å². The van der Waals surface area contributed by atoms with Crippen molar-refractivity contribution in [2.75, 3.05) is 19.6 Å². The van der Waals surface area contributed by atoms with E-state index in [4.69, 9.17) is 0 Å². The molecule has 1 aromatic carbocycles. The molecule has 0 unspecified atom stereocenters. The number of sulfone groups is 1. The van der Waals surface area contributed by atoms with Crippen molar-refractivity contribution in [3.8, 4) is 0 Å². The van der Waals surface area contributed by atoms with Gasteiger partial charge in [-0.05, 0) is 56.6 Å². The van der Waals surface area contributed by atoms with Crippen molar-refractivity contribution in [1.29, 1.82) is 0 Å². The first-order valence-corrected chi connectivity index (χ1v) is 9.56. The second kappa shape index (κ2) is 8.02. The quantitative estimate of drug-likeness (QED) is 0.845. The van der Waals surface area contributed by atoms with Crippen molar-refractivity contribution in [3.05, 3.63) is 29.8 Å². The summed E-state index contributed by atoms with van der Waals surface area (Å²) in [5.74, 6) is -3.66. The number of carbonyl (C=O) groups is 1. The van der Waals surface area contributed by atoms with Crippen LogP contribution in [0.5, 0.6) is 0 Å². The van der Waals surface area contributed by atoms with Crippen molar-refractivity contribution >= 4 is 15.7 Å². The molecule has 134 valence electrons. The second-order valence-corrected chi connectivity index (χ2v) is 7.73. The number of amides is 1. The van der Waals surface area contributed by atoms with Crippen molar-refractivity contribution in [2.45, 2.75) is 42.9 Å². The maximum Gasteiger partial charge on any atom is 0.341 e. The van der Waals surface area contributed by atoms with E-state index in [0.29, 0.717) is 12.1 Å². The summed E-state index contributed by atoms with van der Waals surface area (Å²) in [4.78, 5) is 14.1. The van der Waals surface area contributed by atoms with E-state index in [1.807, 2.05) is 6.92 Å². The number of benzene rings is 1. The first-order valence-electron chi connectivity index (χ1n) is 8.01. The van der Waals surface area contributed by atoms with Gasteiger partial charge < -0.3 is 10.2 Å². The lowest BCUT2D eigenvalue weighted by Crippen LogP contribution is -2.46. The highest BCUT2D eigenvalue weighted by Gasteiger charge is 2.28. The van der Waals surface area contributed by atoms with Crippen molar-refractivity contribution < 1.29 is 22.0 Å². The van der Waals surface area contributed by atoms with Crippen molar-refractivity contribution in [3.63, 3.8) is 0 Å². The molecule has 1 N–H and O–H groups in total. The largest absolute Gasteiger partial charge is 0.341 e. The van der Waals surface area contributed by atoms with Crippen LogP contribution >= 0.6 is 0 Å². The third-order valence-electron chi connectivity index (χ3n) is 4.14. The maximum absolute atomic E-state index is 12.7. The Balaban J connectivity index is 2.20. The highest BCUT2D eigenvalue weighted by Crippen LogP contribution is 2.21. The summed E-state index contributed by atoms with van der Waals surface area (Å²) in [5.41, 5.74) is 0.315. The van der Waals surface area contributed by atoms with Crippen LogP contribution in [0.4, 0.5) is 8.78 Å². The van der Waals surface area contributed by atoms with Crippen LogP contribution in [-0.4, -0.2) is 50.7 Å². The molecule has 0 atom stereocenters. The van der Waals surface area contributed by atoms with Crippen LogP contribution in [0.1, 0.15) is 36.5 Å². The number of halogens is 2. The Morgan fingerprint density at radius 3 is 2.33 bits per heavy atom. The highest BCUT2D eigenvalue weighted by atomic mass is 32.2. The molecule has 1 heterocycles. The number of nitrogens with one attached hydrogen (secondary N) is 1. The van der Waals surface area contributed by atoms with Crippen LogP contribution in [-0.2, 0) is 9.84 Å². The standard InChI is InChI=1S/C16H22F2N2O3S/c1-2-11-20(13-7-9-19-10-8-13)15(21)12-3-5-14(6-4-12)24(22,23)16(17)18/h3-6,13,16,19H,2,7-11H2,1H3. The van der Waals surface area contributed by atoms with Gasteiger partial charge in [0.1, 0.15) is 0 Å². The summed E-state index contributed by atoms with van der Waals surface area (Å²) < 4.78 is 48.0. The zero-order valence-corrected chi connectivity index (χ0v) is 14.4. The van der Waals surface area contributed by atoms with Gasteiger partial charge in [-0.2, -0.15) is 8.78 Å². The molecule has 1 fully saturated rings. The van der Waals surface area contributed by atoms with Crippen LogP contribution in [0.15, 0.2) is 29.2 Å². The first-order chi connectivity index (χ1) is 11.4. The smallest absolute Gasteiger partial charge is 0.336 e. The van der Waals surface area contributed by atoms with E-state index >= 15 is 0 Å². The molecule has 1 amide bonds. The summed E-state index contributed by atoms with van der Waals surface area (Å²) in [5, 5.41) is 3.25. The van der Waals surface area contributed by atoms with Crippen LogP contribution in [0.2, 0.25) is 0 Å². The molecular formula is C16H22F2N2O3S. The SMILES string of the molecule is CCCN(C(=O)c1ccc(S(=O)(=O)C(F)F)cc1)C1CCNCC1. The highest BCUT2D eigenvalue weighted by molar-refractivity contribution is 7.91. The van der Waals surface area contributed by atoms with Gasteiger partial charge in [-0.1, -0.05) is 6.92 Å². The molecule has 2 rings (SSSR count). The lowest BCUT2D eigenvalue weighted by Gasteiger charge is -2.34. The fourth-order valence-electron chi connectivity index (χ4n) is 2.87. The van der Waals surface area contributed by atoms with Crippen molar-refractivity contribution in [2.24, 2.45) is 0 Å². The minimum Gasteiger partial charge on any atom is -0.336 e. The molecule has 5 nitrogen and oxygen atoms in total. The van der Waals surface area contributed by atoms with Gasteiger partial charge in [-0.3, -0.25) is 4.79 Å². The summed E-state index contributed by atoms with van der Waals surface area (Å²) in [6, 6.07) is 4.90. The predicted octanol–water partition coefficient (Wildman–Crippen LogP) is 2.29. The number of alkyl halides is 2. The zero-order valence-electron chi connectivity index (χ0n) is 13.5. The average Bonchev–Trinajstić information content (AvgIpc) is 2.60. The number of hydrogen-bond acceptors (Lipinski definition) is 4. The molecule has 24 heavy (non-hydrogen) atoms. The number of nitrogens with zero attached hydrogens (tertiary/aromatic N) is 1.